The third kappa shape index (κ3) is 3.20. The Morgan fingerprint density at radius 1 is 0.600 bits per heavy atom. The number of benzene rings is 4. The maximum absolute atomic E-state index is 2.88. The van der Waals surface area contributed by atoms with Crippen LogP contribution in [0.15, 0.2) is 84.9 Å². The number of hydrogen-bond donors (Lipinski definition) is 0. The summed E-state index contributed by atoms with van der Waals surface area (Å²) >= 11 is 0. The molecule has 1 atom stereocenters. The van der Waals surface area contributed by atoms with Gasteiger partial charge in [-0.15, -0.1) is 9.24 Å². The van der Waals surface area contributed by atoms with Gasteiger partial charge in [0, 0.05) is 5.92 Å². The maximum Gasteiger partial charge on any atom is 0.0102 e. The summed E-state index contributed by atoms with van der Waals surface area (Å²) in [6.45, 7) is 0. The molecule has 1 heteroatoms. The smallest absolute Gasteiger partial charge is 0.0102 e. The van der Waals surface area contributed by atoms with Crippen molar-refractivity contribution in [2.45, 2.75) is 18.8 Å². The Morgan fingerprint density at radius 3 is 1.60 bits per heavy atom. The van der Waals surface area contributed by atoms with Gasteiger partial charge in [-0.05, 0) is 51.7 Å². The fourth-order valence-corrected chi connectivity index (χ4v) is 4.14. The van der Waals surface area contributed by atoms with E-state index in [1.165, 1.54) is 45.5 Å². The largest absolute Gasteiger partial charge is 0.138 e. The lowest BCUT2D eigenvalue weighted by Crippen LogP contribution is -2.03. The fourth-order valence-electron chi connectivity index (χ4n) is 3.91. The molecule has 0 aromatic heterocycles. The van der Waals surface area contributed by atoms with Crippen LogP contribution in [0.4, 0.5) is 0 Å². The van der Waals surface area contributed by atoms with Gasteiger partial charge in [0.1, 0.15) is 0 Å². The van der Waals surface area contributed by atoms with Crippen molar-refractivity contribution in [3.8, 4) is 0 Å². The van der Waals surface area contributed by atoms with Crippen LogP contribution < -0.4 is 0 Å². The average molecular weight is 342 g/mol. The van der Waals surface area contributed by atoms with E-state index in [2.05, 4.69) is 94.2 Å². The molecule has 4 aromatic rings. The van der Waals surface area contributed by atoms with Crippen molar-refractivity contribution in [1.82, 2.24) is 0 Å². The van der Waals surface area contributed by atoms with E-state index in [0.717, 1.165) is 6.16 Å². The van der Waals surface area contributed by atoms with E-state index in [-0.39, 0.29) is 0 Å². The predicted octanol–water partition coefficient (Wildman–Crippen LogP) is 6.78. The van der Waals surface area contributed by atoms with Crippen LogP contribution in [0, 0.1) is 0 Å². The second kappa shape index (κ2) is 7.38. The third-order valence-corrected chi connectivity index (χ3v) is 5.50. The molecule has 0 radical (unpaired) electrons. The molecule has 0 saturated heterocycles. The zero-order valence-corrected chi connectivity index (χ0v) is 15.5. The first-order valence-electron chi connectivity index (χ1n) is 9.04. The van der Waals surface area contributed by atoms with Gasteiger partial charge < -0.3 is 0 Å². The highest BCUT2D eigenvalue weighted by Crippen LogP contribution is 2.37. The summed E-state index contributed by atoms with van der Waals surface area (Å²) in [6.07, 6.45) is 3.53. The lowest BCUT2D eigenvalue weighted by atomic mass is 9.83. The Balaban J connectivity index is 1.94. The minimum atomic E-state index is 0.428. The maximum atomic E-state index is 2.88. The Morgan fingerprint density at radius 2 is 1.08 bits per heavy atom. The Bertz CT molecular complexity index is 913. The van der Waals surface area contributed by atoms with Crippen LogP contribution >= 0.6 is 9.24 Å². The second-order valence-corrected chi connectivity index (χ2v) is 7.20. The summed E-state index contributed by atoms with van der Waals surface area (Å²) in [6, 6.07) is 31.0. The van der Waals surface area contributed by atoms with Crippen molar-refractivity contribution in [3.05, 3.63) is 96.1 Å². The summed E-state index contributed by atoms with van der Waals surface area (Å²) in [5, 5.41) is 5.42. The first-order valence-corrected chi connectivity index (χ1v) is 9.85. The van der Waals surface area contributed by atoms with Crippen molar-refractivity contribution in [2.75, 3.05) is 6.16 Å². The molecule has 0 amide bonds. The molecular formula is C24H23P. The van der Waals surface area contributed by atoms with Gasteiger partial charge in [-0.25, -0.2) is 0 Å². The quantitative estimate of drug-likeness (QED) is 0.351. The number of hydrogen-bond acceptors (Lipinski definition) is 0. The first kappa shape index (κ1) is 16.3. The van der Waals surface area contributed by atoms with Crippen LogP contribution in [0.25, 0.3) is 21.5 Å². The summed E-state index contributed by atoms with van der Waals surface area (Å²) < 4.78 is 0. The van der Waals surface area contributed by atoms with Gasteiger partial charge in [0.15, 0.2) is 0 Å². The van der Waals surface area contributed by atoms with E-state index < -0.39 is 0 Å². The van der Waals surface area contributed by atoms with Crippen molar-refractivity contribution in [3.63, 3.8) is 0 Å². The van der Waals surface area contributed by atoms with E-state index in [1.54, 1.807) is 0 Å². The van der Waals surface area contributed by atoms with Gasteiger partial charge in [0.2, 0.25) is 0 Å². The predicted molar refractivity (Wildman–Crippen MR) is 114 cm³/mol. The van der Waals surface area contributed by atoms with Gasteiger partial charge in [0.25, 0.3) is 0 Å². The van der Waals surface area contributed by atoms with Crippen molar-refractivity contribution in [1.29, 1.82) is 0 Å². The summed E-state index contributed by atoms with van der Waals surface area (Å²) in [5.41, 5.74) is 2.90. The van der Waals surface area contributed by atoms with Gasteiger partial charge >= 0.3 is 0 Å². The summed E-state index contributed by atoms with van der Waals surface area (Å²) in [7, 11) is 2.88. The van der Waals surface area contributed by atoms with Gasteiger partial charge in [-0.3, -0.25) is 0 Å². The average Bonchev–Trinajstić information content (AvgIpc) is 2.68. The molecule has 0 bridgehead atoms. The zero-order chi connectivity index (χ0) is 17.1. The van der Waals surface area contributed by atoms with Crippen LogP contribution in [0.1, 0.15) is 29.9 Å². The number of fused-ring (bicyclic) bond motifs is 2. The molecular weight excluding hydrogens is 319 g/mol. The molecule has 0 N–H and O–H groups in total. The summed E-state index contributed by atoms with van der Waals surface area (Å²) in [5.74, 6) is 0.428. The molecule has 25 heavy (non-hydrogen) atoms. The molecule has 0 saturated carbocycles. The SMILES string of the molecule is PCCCC(c1cccc2ccccc12)c1cccc2ccccc12. The van der Waals surface area contributed by atoms with E-state index in [1.807, 2.05) is 0 Å². The number of rotatable bonds is 5. The van der Waals surface area contributed by atoms with Crippen LogP contribution in [0.3, 0.4) is 0 Å². The first-order chi connectivity index (χ1) is 12.4. The molecule has 124 valence electrons. The van der Waals surface area contributed by atoms with Crippen molar-refractivity contribution in [2.24, 2.45) is 0 Å². The lowest BCUT2D eigenvalue weighted by Gasteiger charge is -2.22. The van der Waals surface area contributed by atoms with E-state index in [4.69, 9.17) is 0 Å². The van der Waals surface area contributed by atoms with Gasteiger partial charge in [-0.1, -0.05) is 84.9 Å². The molecule has 1 unspecified atom stereocenters. The highest BCUT2D eigenvalue weighted by molar-refractivity contribution is 7.16. The molecule has 0 aliphatic carbocycles. The minimum Gasteiger partial charge on any atom is -0.138 e. The Hall–Kier alpha value is -2.17. The zero-order valence-electron chi connectivity index (χ0n) is 14.4. The third-order valence-electron chi connectivity index (χ3n) is 5.09. The summed E-state index contributed by atoms with van der Waals surface area (Å²) in [4.78, 5) is 0. The molecule has 4 aromatic carbocycles. The molecule has 0 spiro atoms. The fraction of sp³-hybridized carbons (Fsp3) is 0.167. The molecule has 0 aliphatic rings. The highest BCUT2D eigenvalue weighted by atomic mass is 31.0. The van der Waals surface area contributed by atoms with Gasteiger partial charge in [0.05, 0.1) is 0 Å². The van der Waals surface area contributed by atoms with Crippen LogP contribution in [-0.4, -0.2) is 6.16 Å². The Labute approximate surface area is 152 Å². The minimum absolute atomic E-state index is 0.428. The highest BCUT2D eigenvalue weighted by Gasteiger charge is 2.18. The van der Waals surface area contributed by atoms with Crippen LogP contribution in [-0.2, 0) is 0 Å². The second-order valence-electron chi connectivity index (χ2n) is 6.62. The lowest BCUT2D eigenvalue weighted by molar-refractivity contribution is 0.712. The molecule has 0 nitrogen and oxygen atoms in total. The molecule has 0 aliphatic heterocycles. The molecule has 4 rings (SSSR count). The van der Waals surface area contributed by atoms with E-state index in [0.29, 0.717) is 5.92 Å². The van der Waals surface area contributed by atoms with Gasteiger partial charge in [-0.2, -0.15) is 0 Å². The molecule has 0 fully saturated rings. The van der Waals surface area contributed by atoms with Crippen LogP contribution in [0.5, 0.6) is 0 Å². The Kier molecular flexibility index (Phi) is 4.81. The van der Waals surface area contributed by atoms with Crippen molar-refractivity contribution >= 4 is 30.8 Å². The molecule has 0 heterocycles. The standard InChI is InChI=1S/C24H23P/c25-17-7-16-24(22-14-5-10-18-8-1-3-12-20(18)22)23-15-6-11-19-9-2-4-13-21(19)23/h1-6,8-15,24H,7,16-17,25H2. The topological polar surface area (TPSA) is 0 Å². The van der Waals surface area contributed by atoms with Crippen LogP contribution in [0.2, 0.25) is 0 Å². The van der Waals surface area contributed by atoms with E-state index in [9.17, 15) is 0 Å². The van der Waals surface area contributed by atoms with E-state index >= 15 is 0 Å². The monoisotopic (exact) mass is 342 g/mol. The van der Waals surface area contributed by atoms with Crippen molar-refractivity contribution < 1.29 is 0 Å². The normalized spacial score (nSPS) is 11.4.